The molecular formula is C26H33F2N5O. The van der Waals surface area contributed by atoms with Crippen molar-refractivity contribution in [2.75, 3.05) is 30.9 Å². The number of ether oxygens (including phenoxy) is 1. The van der Waals surface area contributed by atoms with Gasteiger partial charge in [0.2, 0.25) is 0 Å². The summed E-state index contributed by atoms with van der Waals surface area (Å²) in [5.41, 5.74) is 0.801. The number of benzene rings is 1. The first kappa shape index (κ1) is 24.4. The molecule has 6 nitrogen and oxygen atoms in total. The van der Waals surface area contributed by atoms with Gasteiger partial charge in [0, 0.05) is 37.3 Å². The van der Waals surface area contributed by atoms with Gasteiger partial charge in [-0.2, -0.15) is 5.26 Å². The lowest BCUT2D eigenvalue weighted by atomic mass is 9.90. The van der Waals surface area contributed by atoms with Crippen molar-refractivity contribution in [2.45, 2.75) is 63.6 Å². The fraction of sp³-hybridized carbons (Fsp3) is 0.538. The molecule has 2 fully saturated rings. The lowest BCUT2D eigenvalue weighted by molar-refractivity contribution is 0.161. The van der Waals surface area contributed by atoms with E-state index in [1.165, 1.54) is 12.3 Å². The van der Waals surface area contributed by atoms with Gasteiger partial charge >= 0.3 is 0 Å². The summed E-state index contributed by atoms with van der Waals surface area (Å²) in [6.45, 7) is 3.21. The van der Waals surface area contributed by atoms with Gasteiger partial charge in [-0.25, -0.2) is 13.8 Å². The molecule has 0 unspecified atom stereocenters. The summed E-state index contributed by atoms with van der Waals surface area (Å²) in [7, 11) is 1.71. The van der Waals surface area contributed by atoms with Gasteiger partial charge < -0.3 is 20.7 Å². The van der Waals surface area contributed by atoms with E-state index in [-0.39, 0.29) is 11.7 Å². The van der Waals surface area contributed by atoms with Crippen LogP contribution in [0.3, 0.4) is 0 Å². The number of anilines is 2. The lowest BCUT2D eigenvalue weighted by Gasteiger charge is -2.31. The van der Waals surface area contributed by atoms with Crippen LogP contribution in [0, 0.1) is 28.4 Å². The minimum Gasteiger partial charge on any atom is -0.383 e. The van der Waals surface area contributed by atoms with Gasteiger partial charge in [-0.1, -0.05) is 6.07 Å². The maximum absolute atomic E-state index is 14.7. The predicted molar refractivity (Wildman–Crippen MR) is 129 cm³/mol. The van der Waals surface area contributed by atoms with Gasteiger partial charge in [0.15, 0.2) is 0 Å². The van der Waals surface area contributed by atoms with Gasteiger partial charge in [-0.05, 0) is 69.2 Å². The number of rotatable bonds is 10. The van der Waals surface area contributed by atoms with E-state index in [0.29, 0.717) is 42.2 Å². The Morgan fingerprint density at radius 1 is 1.15 bits per heavy atom. The van der Waals surface area contributed by atoms with E-state index in [1.807, 2.05) is 0 Å². The molecule has 1 atom stereocenters. The summed E-state index contributed by atoms with van der Waals surface area (Å²) in [5, 5.41) is 19.3. The Labute approximate surface area is 200 Å². The monoisotopic (exact) mass is 469 g/mol. The summed E-state index contributed by atoms with van der Waals surface area (Å²) in [4.78, 5) is 4.23. The highest BCUT2D eigenvalue weighted by Crippen LogP contribution is 2.45. The SMILES string of the molecule is COC[C@H](C)NC1CCC(Nc2cc(-c3ccc(F)c(NCC4(C#N)CC4)c3)c(F)cn2)CC1. The second kappa shape index (κ2) is 10.7. The molecule has 182 valence electrons. The van der Waals surface area contributed by atoms with Crippen molar-refractivity contribution in [3.63, 3.8) is 0 Å². The van der Waals surface area contributed by atoms with Crippen molar-refractivity contribution in [3.8, 4) is 17.2 Å². The Morgan fingerprint density at radius 2 is 1.88 bits per heavy atom. The maximum atomic E-state index is 14.7. The molecule has 34 heavy (non-hydrogen) atoms. The number of hydrogen-bond donors (Lipinski definition) is 3. The van der Waals surface area contributed by atoms with Crippen molar-refractivity contribution in [2.24, 2.45) is 5.41 Å². The number of hydrogen-bond acceptors (Lipinski definition) is 6. The van der Waals surface area contributed by atoms with Crippen LogP contribution in [0.5, 0.6) is 0 Å². The second-order valence-electron chi connectivity index (χ2n) is 9.71. The van der Waals surface area contributed by atoms with E-state index in [0.717, 1.165) is 38.5 Å². The zero-order valence-electron chi connectivity index (χ0n) is 19.8. The van der Waals surface area contributed by atoms with Gasteiger partial charge in [0.1, 0.15) is 17.5 Å². The predicted octanol–water partition coefficient (Wildman–Crippen LogP) is 5.09. The fourth-order valence-electron chi connectivity index (χ4n) is 4.62. The third-order valence-corrected chi connectivity index (χ3v) is 6.86. The first-order chi connectivity index (χ1) is 16.4. The third kappa shape index (κ3) is 6.02. The molecule has 1 aromatic heterocycles. The number of aromatic nitrogens is 1. The maximum Gasteiger partial charge on any atom is 0.149 e. The molecule has 3 N–H and O–H groups in total. The smallest absolute Gasteiger partial charge is 0.149 e. The van der Waals surface area contributed by atoms with Crippen LogP contribution in [0.15, 0.2) is 30.5 Å². The summed E-state index contributed by atoms with van der Waals surface area (Å²) >= 11 is 0. The van der Waals surface area contributed by atoms with Crippen molar-refractivity contribution < 1.29 is 13.5 Å². The van der Waals surface area contributed by atoms with Gasteiger partial charge in [-0.15, -0.1) is 0 Å². The molecule has 1 aromatic carbocycles. The summed E-state index contributed by atoms with van der Waals surface area (Å²) < 4.78 is 34.2. The molecule has 0 aliphatic heterocycles. The molecule has 2 saturated carbocycles. The third-order valence-electron chi connectivity index (χ3n) is 6.86. The highest BCUT2D eigenvalue weighted by molar-refractivity contribution is 5.71. The van der Waals surface area contributed by atoms with Crippen LogP contribution in [0.25, 0.3) is 11.1 Å². The van der Waals surface area contributed by atoms with Gasteiger partial charge in [0.25, 0.3) is 0 Å². The molecular weight excluding hydrogens is 436 g/mol. The fourth-order valence-corrected chi connectivity index (χ4v) is 4.62. The Kier molecular flexibility index (Phi) is 7.64. The molecule has 1 heterocycles. The van der Waals surface area contributed by atoms with E-state index >= 15 is 0 Å². The van der Waals surface area contributed by atoms with Crippen LogP contribution in [0.2, 0.25) is 0 Å². The number of nitrogens with zero attached hydrogens (tertiary/aromatic N) is 2. The van der Waals surface area contributed by atoms with Crippen LogP contribution in [0.4, 0.5) is 20.3 Å². The molecule has 0 bridgehead atoms. The number of nitrogens with one attached hydrogen (secondary N) is 3. The highest BCUT2D eigenvalue weighted by atomic mass is 19.1. The Morgan fingerprint density at radius 3 is 2.56 bits per heavy atom. The molecule has 8 heteroatoms. The molecule has 2 aliphatic rings. The number of pyridine rings is 1. The zero-order chi connectivity index (χ0) is 24.1. The minimum atomic E-state index is -0.459. The molecule has 0 amide bonds. The van der Waals surface area contributed by atoms with Crippen LogP contribution in [-0.2, 0) is 4.74 Å². The van der Waals surface area contributed by atoms with E-state index in [4.69, 9.17) is 4.74 Å². The van der Waals surface area contributed by atoms with Crippen LogP contribution < -0.4 is 16.0 Å². The molecule has 0 radical (unpaired) electrons. The molecule has 2 aromatic rings. The molecule has 0 saturated heterocycles. The number of methoxy groups -OCH3 is 1. The first-order valence-electron chi connectivity index (χ1n) is 12.0. The van der Waals surface area contributed by atoms with Crippen LogP contribution in [0.1, 0.15) is 45.4 Å². The van der Waals surface area contributed by atoms with Crippen LogP contribution in [-0.4, -0.2) is 43.4 Å². The van der Waals surface area contributed by atoms with E-state index in [9.17, 15) is 14.0 Å². The second-order valence-corrected chi connectivity index (χ2v) is 9.71. The quantitative estimate of drug-likeness (QED) is 0.450. The van der Waals surface area contributed by atoms with E-state index in [2.05, 4.69) is 33.9 Å². The van der Waals surface area contributed by atoms with Crippen molar-refractivity contribution >= 4 is 11.5 Å². The zero-order valence-corrected chi connectivity index (χ0v) is 19.8. The molecule has 2 aliphatic carbocycles. The van der Waals surface area contributed by atoms with E-state index < -0.39 is 17.0 Å². The van der Waals surface area contributed by atoms with Crippen LogP contribution >= 0.6 is 0 Å². The number of halogens is 2. The van der Waals surface area contributed by atoms with Gasteiger partial charge in [-0.3, -0.25) is 0 Å². The topological polar surface area (TPSA) is 82.0 Å². The first-order valence-corrected chi connectivity index (χ1v) is 12.0. The minimum absolute atomic E-state index is 0.271. The van der Waals surface area contributed by atoms with Crippen molar-refractivity contribution in [3.05, 3.63) is 42.1 Å². The highest BCUT2D eigenvalue weighted by Gasteiger charge is 2.43. The van der Waals surface area contributed by atoms with Crippen molar-refractivity contribution in [1.29, 1.82) is 5.26 Å². The average Bonchev–Trinajstić information content (AvgIpc) is 3.62. The number of nitriles is 1. The largest absolute Gasteiger partial charge is 0.383 e. The summed E-state index contributed by atoms with van der Waals surface area (Å²) in [6, 6.07) is 9.54. The van der Waals surface area contributed by atoms with E-state index in [1.54, 1.807) is 25.3 Å². The summed E-state index contributed by atoms with van der Waals surface area (Å²) in [5.74, 6) is -0.268. The standard InChI is InChI=1S/C26H33F2N5O/c1-17(14-34-2)32-19-4-6-20(7-5-19)33-25-12-21(23(28)13-30-25)18-3-8-22(27)24(11-18)31-16-26(15-29)9-10-26/h3,8,11-13,17,19-20,31-32H,4-7,9-10,14,16H2,1-2H3,(H,30,33)/t17-,19?,20?/m0/s1. The Hall–Kier alpha value is -2.76. The van der Waals surface area contributed by atoms with Crippen molar-refractivity contribution in [1.82, 2.24) is 10.3 Å². The lowest BCUT2D eigenvalue weighted by Crippen LogP contribution is -2.42. The molecule has 4 rings (SSSR count). The van der Waals surface area contributed by atoms with Gasteiger partial charge in [0.05, 0.1) is 30.0 Å². The summed E-state index contributed by atoms with van der Waals surface area (Å²) in [6.07, 6.45) is 6.94. The Balaban J connectivity index is 1.40. The molecule has 0 spiro atoms. The Bertz CT molecular complexity index is 1030. The average molecular weight is 470 g/mol. The normalized spacial score (nSPS) is 22.0.